The molecule has 0 saturated carbocycles. The van der Waals surface area contributed by atoms with Gasteiger partial charge in [0, 0.05) is 12.4 Å². The van der Waals surface area contributed by atoms with E-state index in [4.69, 9.17) is 9.84 Å². The second kappa shape index (κ2) is 5.24. The molecule has 3 rings (SSSR count). The average Bonchev–Trinajstić information content (AvgIpc) is 2.88. The third-order valence-corrected chi connectivity index (χ3v) is 2.96. The highest BCUT2D eigenvalue weighted by Crippen LogP contribution is 2.17. The van der Waals surface area contributed by atoms with Gasteiger partial charge in [-0.25, -0.2) is 14.2 Å². The van der Waals surface area contributed by atoms with Gasteiger partial charge in [-0.1, -0.05) is 12.1 Å². The standard InChI is InChI=1S/C15H11FN2O3/c16-12-3-1-2-4-13(12)21-9-11-8-18-7-10(15(19)20)5-6-14(18)17-11/h1-8H,9H2,(H,19,20). The largest absolute Gasteiger partial charge is 0.484 e. The summed E-state index contributed by atoms with van der Waals surface area (Å²) in [5, 5.41) is 8.93. The van der Waals surface area contributed by atoms with Crippen molar-refractivity contribution >= 4 is 11.6 Å². The summed E-state index contributed by atoms with van der Waals surface area (Å²) in [7, 11) is 0. The van der Waals surface area contributed by atoms with Gasteiger partial charge in [0.1, 0.15) is 12.3 Å². The zero-order chi connectivity index (χ0) is 14.8. The molecule has 0 atom stereocenters. The lowest BCUT2D eigenvalue weighted by Gasteiger charge is -2.04. The molecular weight excluding hydrogens is 275 g/mol. The molecule has 0 aliphatic rings. The van der Waals surface area contributed by atoms with Crippen molar-refractivity contribution in [3.8, 4) is 5.75 Å². The lowest BCUT2D eigenvalue weighted by Crippen LogP contribution is -1.98. The van der Waals surface area contributed by atoms with E-state index >= 15 is 0 Å². The number of para-hydroxylation sites is 1. The molecule has 1 aromatic carbocycles. The zero-order valence-electron chi connectivity index (χ0n) is 10.9. The lowest BCUT2D eigenvalue weighted by atomic mass is 10.3. The van der Waals surface area contributed by atoms with Crippen LogP contribution in [0.3, 0.4) is 0 Å². The third kappa shape index (κ3) is 2.69. The molecule has 0 fully saturated rings. The van der Waals surface area contributed by atoms with E-state index < -0.39 is 11.8 Å². The van der Waals surface area contributed by atoms with Gasteiger partial charge in [0.15, 0.2) is 11.6 Å². The minimum atomic E-state index is -1.00. The topological polar surface area (TPSA) is 63.8 Å². The van der Waals surface area contributed by atoms with Crippen LogP contribution in [0.15, 0.2) is 48.8 Å². The number of carboxylic acid groups (broad SMARTS) is 1. The molecule has 6 heteroatoms. The SMILES string of the molecule is O=C(O)c1ccc2nc(COc3ccccc3F)cn2c1. The van der Waals surface area contributed by atoms with E-state index in [2.05, 4.69) is 4.98 Å². The van der Waals surface area contributed by atoms with Gasteiger partial charge >= 0.3 is 5.97 Å². The highest BCUT2D eigenvalue weighted by molar-refractivity contribution is 5.87. The Morgan fingerprint density at radius 2 is 2.05 bits per heavy atom. The van der Waals surface area contributed by atoms with Gasteiger partial charge in [0.2, 0.25) is 0 Å². The fourth-order valence-corrected chi connectivity index (χ4v) is 1.95. The van der Waals surface area contributed by atoms with Gasteiger partial charge in [-0.3, -0.25) is 0 Å². The van der Waals surface area contributed by atoms with Gasteiger partial charge in [0.05, 0.1) is 11.3 Å². The normalized spacial score (nSPS) is 10.7. The number of carboxylic acids is 1. The first-order valence-corrected chi connectivity index (χ1v) is 6.22. The van der Waals surface area contributed by atoms with Crippen LogP contribution >= 0.6 is 0 Å². The summed E-state index contributed by atoms with van der Waals surface area (Å²) in [5.74, 6) is -1.29. The molecule has 0 bridgehead atoms. The molecule has 2 aromatic heterocycles. The molecular formula is C15H11FN2O3. The van der Waals surface area contributed by atoms with Gasteiger partial charge in [0.25, 0.3) is 0 Å². The van der Waals surface area contributed by atoms with Crippen molar-refractivity contribution in [2.75, 3.05) is 0 Å². The number of imidazole rings is 1. The maximum Gasteiger partial charge on any atom is 0.337 e. The maximum absolute atomic E-state index is 13.4. The van der Waals surface area contributed by atoms with Crippen molar-refractivity contribution in [2.24, 2.45) is 0 Å². The molecule has 0 amide bonds. The summed E-state index contributed by atoms with van der Waals surface area (Å²) >= 11 is 0. The van der Waals surface area contributed by atoms with E-state index in [0.29, 0.717) is 11.3 Å². The number of rotatable bonds is 4. The Hall–Kier alpha value is -2.89. The predicted molar refractivity (Wildman–Crippen MR) is 72.9 cm³/mol. The lowest BCUT2D eigenvalue weighted by molar-refractivity contribution is 0.0696. The molecule has 0 aliphatic carbocycles. The number of aromatic carboxylic acids is 1. The highest BCUT2D eigenvalue weighted by Gasteiger charge is 2.08. The summed E-state index contributed by atoms with van der Waals surface area (Å²) in [4.78, 5) is 15.2. The number of nitrogens with zero attached hydrogens (tertiary/aromatic N) is 2. The zero-order valence-corrected chi connectivity index (χ0v) is 10.9. The van der Waals surface area contributed by atoms with Crippen molar-refractivity contribution in [2.45, 2.75) is 6.61 Å². The van der Waals surface area contributed by atoms with Crippen LogP contribution in [0.25, 0.3) is 5.65 Å². The van der Waals surface area contributed by atoms with E-state index in [1.807, 2.05) is 0 Å². The van der Waals surface area contributed by atoms with Crippen molar-refractivity contribution in [3.05, 3.63) is 65.9 Å². The van der Waals surface area contributed by atoms with Crippen molar-refractivity contribution < 1.29 is 19.0 Å². The molecule has 0 saturated heterocycles. The van der Waals surface area contributed by atoms with Crippen molar-refractivity contribution in [3.63, 3.8) is 0 Å². The number of ether oxygens (including phenoxy) is 1. The summed E-state index contributed by atoms with van der Waals surface area (Å²) in [6.45, 7) is 0.102. The van der Waals surface area contributed by atoms with Crippen LogP contribution in [0, 0.1) is 5.82 Å². The van der Waals surface area contributed by atoms with Gasteiger partial charge in [-0.15, -0.1) is 0 Å². The number of hydrogen-bond donors (Lipinski definition) is 1. The maximum atomic E-state index is 13.4. The molecule has 1 N–H and O–H groups in total. The van der Waals surface area contributed by atoms with Gasteiger partial charge in [-0.05, 0) is 24.3 Å². The average molecular weight is 286 g/mol. The van der Waals surface area contributed by atoms with Crippen LogP contribution in [0.5, 0.6) is 5.75 Å². The van der Waals surface area contributed by atoms with E-state index in [1.165, 1.54) is 24.4 Å². The van der Waals surface area contributed by atoms with Crippen LogP contribution in [0.4, 0.5) is 4.39 Å². The summed E-state index contributed by atoms with van der Waals surface area (Å²) in [6, 6.07) is 9.20. The summed E-state index contributed by atoms with van der Waals surface area (Å²) < 4.78 is 20.4. The first kappa shape index (κ1) is 13.1. The van der Waals surface area contributed by atoms with Crippen molar-refractivity contribution in [1.82, 2.24) is 9.38 Å². The second-order valence-electron chi connectivity index (χ2n) is 4.44. The Morgan fingerprint density at radius 3 is 2.81 bits per heavy atom. The number of carbonyl (C=O) groups is 1. The van der Waals surface area contributed by atoms with Gasteiger partial charge in [-0.2, -0.15) is 0 Å². The molecule has 0 unspecified atom stereocenters. The number of halogens is 1. The quantitative estimate of drug-likeness (QED) is 0.801. The van der Waals surface area contributed by atoms with E-state index in [0.717, 1.165) is 0 Å². The minimum absolute atomic E-state index is 0.102. The van der Waals surface area contributed by atoms with Crippen LogP contribution in [-0.2, 0) is 6.61 Å². The fraction of sp³-hybridized carbons (Fsp3) is 0.0667. The summed E-state index contributed by atoms with van der Waals surface area (Å²) in [5.41, 5.74) is 1.36. The van der Waals surface area contributed by atoms with Crippen molar-refractivity contribution in [1.29, 1.82) is 0 Å². The molecule has 106 valence electrons. The number of hydrogen-bond acceptors (Lipinski definition) is 3. The smallest absolute Gasteiger partial charge is 0.337 e. The predicted octanol–water partition coefficient (Wildman–Crippen LogP) is 2.75. The Kier molecular flexibility index (Phi) is 3.27. The number of fused-ring (bicyclic) bond motifs is 1. The van der Waals surface area contributed by atoms with Crippen LogP contribution in [0.1, 0.15) is 16.1 Å². The molecule has 2 heterocycles. The Labute approximate surface area is 119 Å². The molecule has 21 heavy (non-hydrogen) atoms. The van der Waals surface area contributed by atoms with E-state index in [9.17, 15) is 9.18 Å². The Morgan fingerprint density at radius 1 is 1.24 bits per heavy atom. The number of aromatic nitrogens is 2. The van der Waals surface area contributed by atoms with E-state index in [1.54, 1.807) is 28.8 Å². The monoisotopic (exact) mass is 286 g/mol. The Balaban J connectivity index is 1.82. The molecule has 0 radical (unpaired) electrons. The second-order valence-corrected chi connectivity index (χ2v) is 4.44. The molecule has 0 spiro atoms. The molecule has 0 aliphatic heterocycles. The van der Waals surface area contributed by atoms with Crippen LogP contribution in [-0.4, -0.2) is 20.5 Å². The Bertz CT molecular complexity index is 814. The highest BCUT2D eigenvalue weighted by atomic mass is 19.1. The first-order chi connectivity index (χ1) is 10.1. The molecule has 3 aromatic rings. The summed E-state index contributed by atoms with van der Waals surface area (Å²) in [6.07, 6.45) is 3.12. The third-order valence-electron chi connectivity index (χ3n) is 2.96. The number of benzene rings is 1. The minimum Gasteiger partial charge on any atom is -0.484 e. The first-order valence-electron chi connectivity index (χ1n) is 6.22. The van der Waals surface area contributed by atoms with Gasteiger partial charge < -0.3 is 14.2 Å². The fourth-order valence-electron chi connectivity index (χ4n) is 1.95. The number of pyridine rings is 1. The van der Waals surface area contributed by atoms with Crippen LogP contribution in [0.2, 0.25) is 0 Å². The molecule has 5 nitrogen and oxygen atoms in total. The van der Waals surface area contributed by atoms with Crippen LogP contribution < -0.4 is 4.74 Å². The van der Waals surface area contributed by atoms with E-state index in [-0.39, 0.29) is 17.9 Å².